The van der Waals surface area contributed by atoms with Crippen molar-refractivity contribution in [2.24, 2.45) is 4.99 Å². The third-order valence-corrected chi connectivity index (χ3v) is 2.95. The number of carbonyl (C=O) groups excluding carboxylic acids is 1. The molecular weight excluding hydrogens is 387 g/mol. The number of carbonyl (C=O) groups is 1. The first-order valence-electron chi connectivity index (χ1n) is 7.32. The highest BCUT2D eigenvalue weighted by Crippen LogP contribution is 2.47. The van der Waals surface area contributed by atoms with Crippen molar-refractivity contribution in [2.75, 3.05) is 7.11 Å². The van der Waals surface area contributed by atoms with Gasteiger partial charge < -0.3 is 9.47 Å². The van der Waals surface area contributed by atoms with Crippen LogP contribution in [0.2, 0.25) is 0 Å². The third-order valence-electron chi connectivity index (χ3n) is 2.95. The Bertz CT molecular complexity index is 704. The Morgan fingerprint density at radius 1 is 0.926 bits per heavy atom. The molecule has 0 unspecified atom stereocenters. The Morgan fingerprint density at radius 2 is 1.41 bits per heavy atom. The monoisotopic (exact) mass is 403 g/mol. The highest BCUT2D eigenvalue weighted by Gasteiger charge is 2.76. The van der Waals surface area contributed by atoms with Crippen LogP contribution in [-0.2, 0) is 9.53 Å². The summed E-state index contributed by atoms with van der Waals surface area (Å²) in [6, 6.07) is 4.35. The first-order chi connectivity index (χ1) is 12.0. The average molecular weight is 403 g/mol. The van der Waals surface area contributed by atoms with Crippen LogP contribution in [0.4, 0.5) is 36.4 Å². The summed E-state index contributed by atoms with van der Waals surface area (Å²) in [6.07, 6.45) is -6.63. The van der Waals surface area contributed by atoms with Crippen LogP contribution in [0.15, 0.2) is 29.3 Å². The minimum atomic E-state index is -6.63. The predicted octanol–water partition coefficient (Wildman–Crippen LogP) is 4.94. The fraction of sp³-hybridized carbons (Fsp3) is 0.500. The molecule has 0 aliphatic heterocycles. The van der Waals surface area contributed by atoms with Crippen molar-refractivity contribution in [2.45, 2.75) is 44.4 Å². The van der Waals surface area contributed by atoms with E-state index >= 15 is 0 Å². The van der Waals surface area contributed by atoms with E-state index in [1.807, 2.05) is 0 Å². The Morgan fingerprint density at radius 3 is 1.78 bits per heavy atom. The van der Waals surface area contributed by atoms with E-state index in [-0.39, 0.29) is 5.75 Å². The summed E-state index contributed by atoms with van der Waals surface area (Å²) in [5, 5.41) is 0. The maximum atomic E-state index is 14.1. The van der Waals surface area contributed by atoms with Crippen LogP contribution < -0.4 is 4.74 Å². The highest BCUT2D eigenvalue weighted by atomic mass is 19.4. The lowest BCUT2D eigenvalue weighted by molar-refractivity contribution is -0.336. The molecule has 0 amide bonds. The molecule has 1 aromatic carbocycles. The van der Waals surface area contributed by atoms with E-state index in [1.165, 1.54) is 40.0 Å². The lowest BCUT2D eigenvalue weighted by Crippen LogP contribution is -2.58. The summed E-state index contributed by atoms with van der Waals surface area (Å²) in [5.74, 6) is -14.4. The molecule has 0 bridgehead atoms. The zero-order chi connectivity index (χ0) is 21.3. The fourth-order valence-electron chi connectivity index (χ4n) is 1.68. The summed E-state index contributed by atoms with van der Waals surface area (Å²) in [4.78, 5) is 15.0. The van der Waals surface area contributed by atoms with Crippen LogP contribution >= 0.6 is 0 Å². The molecule has 0 aliphatic rings. The maximum Gasteiger partial charge on any atom is 0.460 e. The Kier molecular flexibility index (Phi) is 6.19. The molecule has 1 aromatic rings. The first kappa shape index (κ1) is 22.7. The van der Waals surface area contributed by atoms with Crippen molar-refractivity contribution in [1.29, 1.82) is 0 Å². The van der Waals surface area contributed by atoms with Crippen molar-refractivity contribution in [1.82, 2.24) is 0 Å². The van der Waals surface area contributed by atoms with E-state index in [0.717, 1.165) is 12.1 Å². The maximum absolute atomic E-state index is 14.1. The highest BCUT2D eigenvalue weighted by molar-refractivity contribution is 6.40. The molecule has 1 rings (SSSR count). The second-order valence-electron chi connectivity index (χ2n) is 6.31. The largest absolute Gasteiger partial charge is 0.497 e. The summed E-state index contributed by atoms with van der Waals surface area (Å²) < 4.78 is 102. The zero-order valence-corrected chi connectivity index (χ0v) is 14.6. The van der Waals surface area contributed by atoms with E-state index in [4.69, 9.17) is 4.74 Å². The Hall–Kier alpha value is -2.33. The number of hydrogen-bond donors (Lipinski definition) is 0. The van der Waals surface area contributed by atoms with Gasteiger partial charge in [-0.3, -0.25) is 0 Å². The minimum absolute atomic E-state index is 0.236. The number of benzene rings is 1. The number of aliphatic imine (C=N–C) groups is 1. The van der Waals surface area contributed by atoms with Crippen molar-refractivity contribution in [3.8, 4) is 5.75 Å². The number of hydrogen-bond acceptors (Lipinski definition) is 4. The molecule has 0 radical (unpaired) electrons. The zero-order valence-electron chi connectivity index (χ0n) is 14.6. The van der Waals surface area contributed by atoms with Crippen molar-refractivity contribution in [3.63, 3.8) is 0 Å². The van der Waals surface area contributed by atoms with Gasteiger partial charge in [0.15, 0.2) is 0 Å². The van der Waals surface area contributed by atoms with Gasteiger partial charge in [-0.05, 0) is 45.0 Å². The average Bonchev–Trinajstić information content (AvgIpc) is 2.49. The van der Waals surface area contributed by atoms with Crippen LogP contribution in [-0.4, -0.2) is 42.4 Å². The summed E-state index contributed by atoms with van der Waals surface area (Å²) in [5.41, 5.74) is -4.29. The van der Waals surface area contributed by atoms with E-state index in [0.29, 0.717) is 0 Å². The van der Waals surface area contributed by atoms with Gasteiger partial charge in [0, 0.05) is 0 Å². The van der Waals surface area contributed by atoms with E-state index < -0.39 is 41.0 Å². The van der Waals surface area contributed by atoms with Crippen molar-refractivity contribution in [3.05, 3.63) is 24.3 Å². The molecule has 4 nitrogen and oxygen atoms in total. The van der Waals surface area contributed by atoms with E-state index in [1.54, 1.807) is 0 Å². The number of ether oxygens (including phenoxy) is 2. The van der Waals surface area contributed by atoms with Gasteiger partial charge in [-0.1, -0.05) is 0 Å². The van der Waals surface area contributed by atoms with Gasteiger partial charge in [0.2, 0.25) is 5.71 Å². The van der Waals surface area contributed by atoms with Crippen LogP contribution in [0.1, 0.15) is 20.8 Å². The molecule has 11 heteroatoms. The number of methoxy groups -OCH3 is 1. The Balaban J connectivity index is 3.53. The van der Waals surface area contributed by atoms with Gasteiger partial charge in [0.25, 0.3) is 0 Å². The molecule has 0 fully saturated rings. The fourth-order valence-corrected chi connectivity index (χ4v) is 1.68. The Labute approximate surface area is 150 Å². The third kappa shape index (κ3) is 5.10. The van der Waals surface area contributed by atoms with E-state index in [2.05, 4.69) is 9.73 Å². The molecule has 152 valence electrons. The molecule has 0 saturated heterocycles. The van der Waals surface area contributed by atoms with E-state index in [9.17, 15) is 35.5 Å². The minimum Gasteiger partial charge on any atom is -0.497 e. The molecule has 27 heavy (non-hydrogen) atoms. The van der Waals surface area contributed by atoms with Gasteiger partial charge >= 0.3 is 24.0 Å². The molecular formula is C16H16F7NO3. The van der Waals surface area contributed by atoms with Gasteiger partial charge in [-0.25, -0.2) is 9.79 Å². The summed E-state index contributed by atoms with van der Waals surface area (Å²) in [7, 11) is 1.28. The smallest absolute Gasteiger partial charge is 0.460 e. The lowest BCUT2D eigenvalue weighted by Gasteiger charge is -2.29. The predicted molar refractivity (Wildman–Crippen MR) is 81.9 cm³/mol. The molecule has 0 atom stereocenters. The standard InChI is InChI=1S/C16H16F7NO3/c1-13(2,3)27-12(25)11(14(17,18)15(19,20)16(21,22)23)24-9-5-7-10(26-4)8-6-9/h5-8H,1-4H3. The molecule has 0 N–H and O–H groups in total. The molecule has 0 aliphatic carbocycles. The lowest BCUT2D eigenvalue weighted by atomic mass is 10.0. The summed E-state index contributed by atoms with van der Waals surface area (Å²) >= 11 is 0. The number of nitrogens with zero attached hydrogens (tertiary/aromatic N) is 1. The number of rotatable bonds is 5. The van der Waals surface area contributed by atoms with Gasteiger partial charge in [-0.2, -0.15) is 30.7 Å². The summed E-state index contributed by atoms with van der Waals surface area (Å²) in [6.45, 7) is 3.65. The van der Waals surface area contributed by atoms with Crippen molar-refractivity contribution >= 4 is 17.4 Å². The first-order valence-corrected chi connectivity index (χ1v) is 7.32. The second-order valence-corrected chi connectivity index (χ2v) is 6.31. The van der Waals surface area contributed by atoms with Crippen molar-refractivity contribution < 1.29 is 45.0 Å². The topological polar surface area (TPSA) is 47.9 Å². The molecule has 0 heterocycles. The van der Waals surface area contributed by atoms with Crippen LogP contribution in [0.25, 0.3) is 0 Å². The van der Waals surface area contributed by atoms with Crippen LogP contribution in [0, 0.1) is 0 Å². The normalized spacial score (nSPS) is 14.1. The van der Waals surface area contributed by atoms with Gasteiger partial charge in [-0.15, -0.1) is 0 Å². The van der Waals surface area contributed by atoms with Crippen LogP contribution in [0.5, 0.6) is 5.75 Å². The van der Waals surface area contributed by atoms with Gasteiger partial charge in [0.05, 0.1) is 12.8 Å². The SMILES string of the molecule is COc1ccc(N=C(C(=O)OC(C)(C)C)C(F)(F)C(F)(F)C(F)(F)F)cc1. The number of halogens is 7. The molecule has 0 aromatic heterocycles. The molecule has 0 saturated carbocycles. The van der Waals surface area contributed by atoms with Crippen LogP contribution in [0.3, 0.4) is 0 Å². The molecule has 0 spiro atoms. The van der Waals surface area contributed by atoms with Gasteiger partial charge in [0.1, 0.15) is 11.4 Å². The number of esters is 1. The number of alkyl halides is 7. The quantitative estimate of drug-likeness (QED) is 0.397. The second kappa shape index (κ2) is 7.35.